The molecule has 0 saturated carbocycles. The molecule has 0 aliphatic rings. The highest BCUT2D eigenvalue weighted by atomic mass is 16.1. The van der Waals surface area contributed by atoms with Crippen molar-refractivity contribution in [3.63, 3.8) is 0 Å². The first-order valence-corrected chi connectivity index (χ1v) is 5.33. The van der Waals surface area contributed by atoms with Gasteiger partial charge in [-0.15, -0.1) is 0 Å². The molecule has 1 nitrogen and oxygen atoms in total. The molecule has 0 aromatic heterocycles. The van der Waals surface area contributed by atoms with Crippen molar-refractivity contribution >= 4 is 6.29 Å². The van der Waals surface area contributed by atoms with E-state index in [4.69, 9.17) is 0 Å². The third kappa shape index (κ3) is 10.9. The Morgan fingerprint density at radius 3 is 2.50 bits per heavy atom. The van der Waals surface area contributed by atoms with Gasteiger partial charge in [0, 0.05) is 0 Å². The Morgan fingerprint density at radius 2 is 1.79 bits per heavy atom. The molecule has 0 aromatic rings. The van der Waals surface area contributed by atoms with E-state index in [1.807, 2.05) is 12.2 Å². The zero-order chi connectivity index (χ0) is 10.5. The van der Waals surface area contributed by atoms with Crippen molar-refractivity contribution in [1.82, 2.24) is 0 Å². The van der Waals surface area contributed by atoms with E-state index in [0.29, 0.717) is 0 Å². The van der Waals surface area contributed by atoms with Crippen molar-refractivity contribution in [3.8, 4) is 0 Å². The lowest BCUT2D eigenvalue weighted by atomic mass is 10.2. The largest absolute Gasteiger partial charge is 0.299 e. The number of aldehydes is 1. The summed E-state index contributed by atoms with van der Waals surface area (Å²) < 4.78 is 0. The third-order valence-electron chi connectivity index (χ3n) is 1.85. The predicted octanol–water partition coefficient (Wildman–Crippen LogP) is 3.82. The number of rotatable bonds is 8. The van der Waals surface area contributed by atoms with E-state index in [9.17, 15) is 4.79 Å². The smallest absolute Gasteiger partial charge is 0.142 e. The molecule has 0 saturated heterocycles. The van der Waals surface area contributed by atoms with Gasteiger partial charge in [0.05, 0.1) is 0 Å². The van der Waals surface area contributed by atoms with E-state index < -0.39 is 0 Å². The molecule has 0 rings (SSSR count). The highest BCUT2D eigenvalue weighted by Crippen LogP contribution is 2.00. The first kappa shape index (κ1) is 12.9. The maximum Gasteiger partial charge on any atom is 0.142 e. The minimum Gasteiger partial charge on any atom is -0.299 e. The second kappa shape index (κ2) is 11.9. The van der Waals surface area contributed by atoms with Gasteiger partial charge >= 0.3 is 0 Å². The molecule has 0 spiro atoms. The van der Waals surface area contributed by atoms with E-state index >= 15 is 0 Å². The SMILES string of the molecule is CCCCC/C=C\C/C=C\C=C\C=O. The van der Waals surface area contributed by atoms with Crippen LogP contribution in [0.5, 0.6) is 0 Å². The monoisotopic (exact) mass is 192 g/mol. The van der Waals surface area contributed by atoms with E-state index in [2.05, 4.69) is 19.1 Å². The fourth-order valence-corrected chi connectivity index (χ4v) is 1.07. The molecule has 1 heteroatoms. The van der Waals surface area contributed by atoms with Crippen LogP contribution in [0, 0.1) is 0 Å². The molecule has 0 atom stereocenters. The Morgan fingerprint density at radius 1 is 0.929 bits per heavy atom. The molecule has 0 fully saturated rings. The van der Waals surface area contributed by atoms with Crippen molar-refractivity contribution < 1.29 is 4.79 Å². The number of allylic oxidation sites excluding steroid dienone is 6. The van der Waals surface area contributed by atoms with Crippen LogP contribution in [0.2, 0.25) is 0 Å². The van der Waals surface area contributed by atoms with Crippen LogP contribution >= 0.6 is 0 Å². The first-order valence-electron chi connectivity index (χ1n) is 5.33. The van der Waals surface area contributed by atoms with Crippen LogP contribution in [0.15, 0.2) is 36.5 Å². The van der Waals surface area contributed by atoms with Crippen LogP contribution in [0.4, 0.5) is 0 Å². The first-order chi connectivity index (χ1) is 6.91. The highest BCUT2D eigenvalue weighted by Gasteiger charge is 1.80. The lowest BCUT2D eigenvalue weighted by Crippen LogP contribution is -1.70. The molecule has 0 unspecified atom stereocenters. The van der Waals surface area contributed by atoms with E-state index in [1.165, 1.54) is 31.8 Å². The van der Waals surface area contributed by atoms with Crippen molar-refractivity contribution in [1.29, 1.82) is 0 Å². The van der Waals surface area contributed by atoms with Gasteiger partial charge in [0.15, 0.2) is 0 Å². The lowest BCUT2D eigenvalue weighted by molar-refractivity contribution is -0.104. The molecule has 0 aliphatic carbocycles. The number of carbonyl (C=O) groups is 1. The molecule has 0 heterocycles. The minimum absolute atomic E-state index is 0.783. The zero-order valence-electron chi connectivity index (χ0n) is 8.99. The van der Waals surface area contributed by atoms with Crippen LogP contribution in [-0.4, -0.2) is 6.29 Å². The number of hydrogen-bond donors (Lipinski definition) is 0. The van der Waals surface area contributed by atoms with Gasteiger partial charge in [-0.25, -0.2) is 0 Å². The Bertz CT molecular complexity index is 199. The Labute approximate surface area is 87.2 Å². The molecule has 0 radical (unpaired) electrons. The van der Waals surface area contributed by atoms with Crippen LogP contribution in [0.3, 0.4) is 0 Å². The maximum absolute atomic E-state index is 9.91. The van der Waals surface area contributed by atoms with Gasteiger partial charge in [0.1, 0.15) is 6.29 Å². The minimum atomic E-state index is 0.783. The molecule has 0 aliphatic heterocycles. The quantitative estimate of drug-likeness (QED) is 0.188. The molecule has 0 aromatic carbocycles. The summed E-state index contributed by atoms with van der Waals surface area (Å²) >= 11 is 0. The van der Waals surface area contributed by atoms with Crippen molar-refractivity contribution in [2.24, 2.45) is 0 Å². The fourth-order valence-electron chi connectivity index (χ4n) is 1.07. The summed E-state index contributed by atoms with van der Waals surface area (Å²) in [5, 5.41) is 0. The summed E-state index contributed by atoms with van der Waals surface area (Å²) in [6.45, 7) is 2.21. The van der Waals surface area contributed by atoms with Crippen LogP contribution < -0.4 is 0 Å². The summed E-state index contributed by atoms with van der Waals surface area (Å²) in [7, 11) is 0. The van der Waals surface area contributed by atoms with Gasteiger partial charge in [-0.1, -0.05) is 50.1 Å². The normalized spacial score (nSPS) is 12.1. The number of hydrogen-bond acceptors (Lipinski definition) is 1. The maximum atomic E-state index is 9.91. The van der Waals surface area contributed by atoms with Gasteiger partial charge in [-0.3, -0.25) is 4.79 Å². The molecule has 0 amide bonds. The van der Waals surface area contributed by atoms with Gasteiger partial charge in [-0.2, -0.15) is 0 Å². The van der Waals surface area contributed by atoms with Crippen LogP contribution in [-0.2, 0) is 4.79 Å². The van der Waals surface area contributed by atoms with Crippen molar-refractivity contribution in [2.45, 2.75) is 39.0 Å². The lowest BCUT2D eigenvalue weighted by Gasteiger charge is -1.90. The topological polar surface area (TPSA) is 17.1 Å². The summed E-state index contributed by atoms with van der Waals surface area (Å²) in [6.07, 6.45) is 18.4. The number of carbonyl (C=O) groups excluding carboxylic acids is 1. The summed E-state index contributed by atoms with van der Waals surface area (Å²) in [5.74, 6) is 0. The summed E-state index contributed by atoms with van der Waals surface area (Å²) in [4.78, 5) is 9.91. The van der Waals surface area contributed by atoms with E-state index in [1.54, 1.807) is 6.08 Å². The fraction of sp³-hybridized carbons (Fsp3) is 0.462. The van der Waals surface area contributed by atoms with Gasteiger partial charge < -0.3 is 0 Å². The third-order valence-corrected chi connectivity index (χ3v) is 1.85. The molecule has 0 bridgehead atoms. The standard InChI is InChI=1S/C13H20O/c1-2-3-4-5-6-7-8-9-10-11-12-13-14/h6-7,9-13H,2-5,8H2,1H3/b7-6-,10-9-,12-11+. The molecule has 14 heavy (non-hydrogen) atoms. The zero-order valence-corrected chi connectivity index (χ0v) is 8.99. The average molecular weight is 192 g/mol. The van der Waals surface area contributed by atoms with Crippen LogP contribution in [0.1, 0.15) is 39.0 Å². The average Bonchev–Trinajstić information content (AvgIpc) is 2.21. The number of unbranched alkanes of at least 4 members (excludes halogenated alkanes) is 3. The van der Waals surface area contributed by atoms with Crippen molar-refractivity contribution in [2.75, 3.05) is 0 Å². The second-order valence-corrected chi connectivity index (χ2v) is 3.15. The summed E-state index contributed by atoms with van der Waals surface area (Å²) in [5.41, 5.74) is 0. The highest BCUT2D eigenvalue weighted by molar-refractivity contribution is 5.65. The van der Waals surface area contributed by atoms with E-state index in [-0.39, 0.29) is 0 Å². The van der Waals surface area contributed by atoms with Crippen LogP contribution in [0.25, 0.3) is 0 Å². The molecular weight excluding hydrogens is 172 g/mol. The summed E-state index contributed by atoms with van der Waals surface area (Å²) in [6, 6.07) is 0. The Balaban J connectivity index is 3.29. The van der Waals surface area contributed by atoms with Crippen molar-refractivity contribution in [3.05, 3.63) is 36.5 Å². The van der Waals surface area contributed by atoms with Gasteiger partial charge in [-0.05, 0) is 25.3 Å². The Hall–Kier alpha value is -1.11. The molecule has 0 N–H and O–H groups in total. The van der Waals surface area contributed by atoms with Gasteiger partial charge in [0.25, 0.3) is 0 Å². The second-order valence-electron chi connectivity index (χ2n) is 3.15. The van der Waals surface area contributed by atoms with Gasteiger partial charge in [0.2, 0.25) is 0 Å². The molecule has 78 valence electrons. The Kier molecular flexibility index (Phi) is 10.9. The van der Waals surface area contributed by atoms with E-state index in [0.717, 1.165) is 12.7 Å². The molecular formula is C13H20O. The predicted molar refractivity (Wildman–Crippen MR) is 62.2 cm³/mol.